The van der Waals surface area contributed by atoms with E-state index in [1.165, 1.54) is 6.07 Å². The van der Waals surface area contributed by atoms with Gasteiger partial charge in [-0.15, -0.1) is 0 Å². The Morgan fingerprint density at radius 2 is 2.17 bits per heavy atom. The molecule has 94 valence electrons. The van der Waals surface area contributed by atoms with Gasteiger partial charge in [-0.05, 0) is 35.9 Å². The Labute approximate surface area is 111 Å². The molecule has 2 aromatic rings. The number of pyridine rings is 1. The van der Waals surface area contributed by atoms with Crippen molar-refractivity contribution in [2.24, 2.45) is 0 Å². The van der Waals surface area contributed by atoms with Crippen molar-refractivity contribution in [3.63, 3.8) is 0 Å². The van der Waals surface area contributed by atoms with E-state index in [1.54, 1.807) is 18.5 Å². The molecule has 0 saturated heterocycles. The van der Waals surface area contributed by atoms with Crippen LogP contribution < -0.4 is 5.32 Å². The molecule has 4 heteroatoms. The quantitative estimate of drug-likeness (QED) is 0.913. The first-order valence-electron chi connectivity index (χ1n) is 5.80. The van der Waals surface area contributed by atoms with Gasteiger partial charge in [0.25, 0.3) is 0 Å². The maximum Gasteiger partial charge on any atom is 0.142 e. The predicted molar refractivity (Wildman–Crippen MR) is 71.2 cm³/mol. The van der Waals surface area contributed by atoms with E-state index in [9.17, 15) is 4.39 Å². The van der Waals surface area contributed by atoms with Gasteiger partial charge in [-0.2, -0.15) is 0 Å². The van der Waals surface area contributed by atoms with Crippen LogP contribution in [0.1, 0.15) is 24.1 Å². The molecule has 1 aromatic heterocycles. The Bertz CT molecular complexity index is 516. The third-order valence-electron chi connectivity index (χ3n) is 2.70. The van der Waals surface area contributed by atoms with Crippen molar-refractivity contribution < 1.29 is 4.39 Å². The first-order chi connectivity index (χ1) is 8.72. The Morgan fingerprint density at radius 1 is 1.33 bits per heavy atom. The van der Waals surface area contributed by atoms with Gasteiger partial charge in [0.2, 0.25) is 0 Å². The molecule has 1 heterocycles. The Hall–Kier alpha value is -1.45. The highest BCUT2D eigenvalue weighted by molar-refractivity contribution is 6.30. The molecule has 2 rings (SSSR count). The number of nitrogens with zero attached hydrogens (tertiary/aromatic N) is 1. The third kappa shape index (κ3) is 2.86. The number of nitrogens with one attached hydrogen (secondary N) is 1. The van der Waals surface area contributed by atoms with E-state index in [0.717, 1.165) is 17.7 Å². The Balaban J connectivity index is 2.38. The number of rotatable bonds is 4. The zero-order valence-electron chi connectivity index (χ0n) is 10.0. The second kappa shape index (κ2) is 5.94. The minimum atomic E-state index is -0.402. The Kier molecular flexibility index (Phi) is 4.28. The van der Waals surface area contributed by atoms with Crippen LogP contribution in [0.15, 0.2) is 42.7 Å². The van der Waals surface area contributed by atoms with E-state index >= 15 is 0 Å². The molecule has 18 heavy (non-hydrogen) atoms. The minimum Gasteiger partial charge on any atom is -0.306 e. The molecular weight excluding hydrogens is 251 g/mol. The predicted octanol–water partition coefficient (Wildman–Crippen LogP) is 3.57. The van der Waals surface area contributed by atoms with E-state index < -0.39 is 5.82 Å². The first kappa shape index (κ1) is 13.0. The fraction of sp³-hybridized carbons (Fsp3) is 0.214. The molecule has 1 N–H and O–H groups in total. The van der Waals surface area contributed by atoms with E-state index in [-0.39, 0.29) is 11.1 Å². The van der Waals surface area contributed by atoms with Crippen molar-refractivity contribution in [3.8, 4) is 0 Å². The second-order valence-corrected chi connectivity index (χ2v) is 4.36. The maximum absolute atomic E-state index is 13.5. The van der Waals surface area contributed by atoms with Crippen molar-refractivity contribution in [2.45, 2.75) is 13.0 Å². The number of hydrogen-bond acceptors (Lipinski definition) is 2. The van der Waals surface area contributed by atoms with Gasteiger partial charge in [0, 0.05) is 12.4 Å². The molecule has 0 spiro atoms. The molecule has 1 aromatic carbocycles. The minimum absolute atomic E-state index is 0.0736. The summed E-state index contributed by atoms with van der Waals surface area (Å²) < 4.78 is 13.5. The van der Waals surface area contributed by atoms with Gasteiger partial charge in [0.15, 0.2) is 0 Å². The first-order valence-corrected chi connectivity index (χ1v) is 6.18. The zero-order valence-corrected chi connectivity index (χ0v) is 10.8. The molecule has 0 fully saturated rings. The molecule has 1 atom stereocenters. The van der Waals surface area contributed by atoms with Crippen LogP contribution in [-0.4, -0.2) is 11.5 Å². The van der Waals surface area contributed by atoms with Gasteiger partial charge in [-0.3, -0.25) is 4.98 Å². The summed E-state index contributed by atoms with van der Waals surface area (Å²) in [5, 5.41) is 3.45. The average molecular weight is 265 g/mol. The number of hydrogen-bond donors (Lipinski definition) is 1. The van der Waals surface area contributed by atoms with Crippen LogP contribution in [0.5, 0.6) is 0 Å². The lowest BCUT2D eigenvalue weighted by Crippen LogP contribution is -2.22. The molecule has 2 nitrogen and oxygen atoms in total. The van der Waals surface area contributed by atoms with Crippen molar-refractivity contribution in [1.82, 2.24) is 10.3 Å². The van der Waals surface area contributed by atoms with Gasteiger partial charge < -0.3 is 5.32 Å². The summed E-state index contributed by atoms with van der Waals surface area (Å²) in [5.41, 5.74) is 1.84. The van der Waals surface area contributed by atoms with E-state index in [1.807, 2.05) is 25.1 Å². The summed E-state index contributed by atoms with van der Waals surface area (Å²) in [5.74, 6) is -0.402. The molecule has 1 unspecified atom stereocenters. The number of halogens is 2. The lowest BCUT2D eigenvalue weighted by Gasteiger charge is -2.18. The highest BCUT2D eigenvalue weighted by Crippen LogP contribution is 2.24. The van der Waals surface area contributed by atoms with E-state index in [0.29, 0.717) is 0 Å². The van der Waals surface area contributed by atoms with Crippen LogP contribution in [0.4, 0.5) is 4.39 Å². The molecular formula is C14H14ClFN2. The van der Waals surface area contributed by atoms with Crippen LogP contribution in [-0.2, 0) is 0 Å². The lowest BCUT2D eigenvalue weighted by molar-refractivity contribution is 0.602. The van der Waals surface area contributed by atoms with Crippen LogP contribution >= 0.6 is 11.6 Å². The molecule has 0 aliphatic rings. The zero-order chi connectivity index (χ0) is 13.0. The van der Waals surface area contributed by atoms with Crippen molar-refractivity contribution in [1.29, 1.82) is 0 Å². The highest BCUT2D eigenvalue weighted by atomic mass is 35.5. The molecule has 0 aliphatic heterocycles. The molecule has 0 radical (unpaired) electrons. The molecule has 0 saturated carbocycles. The Morgan fingerprint density at radius 3 is 2.78 bits per heavy atom. The van der Waals surface area contributed by atoms with E-state index in [2.05, 4.69) is 10.3 Å². The lowest BCUT2D eigenvalue weighted by atomic mass is 10.00. The standard InChI is InChI=1S/C14H14ClFN2/c1-2-18-14(11-4-3-7-17-9-11)10-5-6-12(15)13(16)8-10/h3-9,14,18H,2H2,1H3. The second-order valence-electron chi connectivity index (χ2n) is 3.95. The van der Waals surface area contributed by atoms with Gasteiger partial charge in [-0.1, -0.05) is 30.7 Å². The summed E-state index contributed by atoms with van der Waals surface area (Å²) in [4.78, 5) is 4.09. The molecule has 0 amide bonds. The van der Waals surface area contributed by atoms with Crippen molar-refractivity contribution in [3.05, 3.63) is 64.7 Å². The highest BCUT2D eigenvalue weighted by Gasteiger charge is 2.14. The summed E-state index contributed by atoms with van der Waals surface area (Å²) in [6.45, 7) is 2.79. The summed E-state index contributed by atoms with van der Waals surface area (Å²) >= 11 is 5.70. The van der Waals surface area contributed by atoms with Crippen molar-refractivity contribution >= 4 is 11.6 Å². The van der Waals surface area contributed by atoms with Crippen LogP contribution in [0, 0.1) is 5.82 Å². The van der Waals surface area contributed by atoms with Crippen LogP contribution in [0.2, 0.25) is 5.02 Å². The normalized spacial score (nSPS) is 12.4. The smallest absolute Gasteiger partial charge is 0.142 e. The summed E-state index contributed by atoms with van der Waals surface area (Å²) in [6.07, 6.45) is 3.49. The van der Waals surface area contributed by atoms with Gasteiger partial charge in [0.05, 0.1) is 11.1 Å². The fourth-order valence-electron chi connectivity index (χ4n) is 1.87. The fourth-order valence-corrected chi connectivity index (χ4v) is 1.99. The molecule has 0 aliphatic carbocycles. The van der Waals surface area contributed by atoms with Gasteiger partial charge in [-0.25, -0.2) is 4.39 Å². The monoisotopic (exact) mass is 264 g/mol. The van der Waals surface area contributed by atoms with Gasteiger partial charge in [0.1, 0.15) is 5.82 Å². The van der Waals surface area contributed by atoms with Crippen LogP contribution in [0.25, 0.3) is 0 Å². The summed E-state index contributed by atoms with van der Waals surface area (Å²) in [7, 11) is 0. The van der Waals surface area contributed by atoms with Crippen LogP contribution in [0.3, 0.4) is 0 Å². The SMILES string of the molecule is CCNC(c1cccnc1)c1ccc(Cl)c(F)c1. The van der Waals surface area contributed by atoms with E-state index in [4.69, 9.17) is 11.6 Å². The van der Waals surface area contributed by atoms with Crippen molar-refractivity contribution in [2.75, 3.05) is 6.54 Å². The van der Waals surface area contributed by atoms with Gasteiger partial charge >= 0.3 is 0 Å². The molecule has 0 bridgehead atoms. The average Bonchev–Trinajstić information content (AvgIpc) is 2.40. The number of aromatic nitrogens is 1. The number of benzene rings is 1. The maximum atomic E-state index is 13.5. The third-order valence-corrected chi connectivity index (χ3v) is 3.01. The topological polar surface area (TPSA) is 24.9 Å². The summed E-state index contributed by atoms with van der Waals surface area (Å²) in [6, 6.07) is 8.62. The largest absolute Gasteiger partial charge is 0.306 e.